The molecule has 7 nitrogen and oxygen atoms in total. The molecule has 0 aliphatic rings. The summed E-state index contributed by atoms with van der Waals surface area (Å²) in [4.78, 5) is 34.8. The lowest BCUT2D eigenvalue weighted by Gasteiger charge is -2.10. The number of benzene rings is 2. The highest BCUT2D eigenvalue weighted by atomic mass is 32.2. The first-order valence-corrected chi connectivity index (χ1v) is 7.71. The summed E-state index contributed by atoms with van der Waals surface area (Å²) >= 11 is 1.21. The molecule has 0 spiro atoms. The van der Waals surface area contributed by atoms with Crippen molar-refractivity contribution in [2.24, 2.45) is 5.73 Å². The van der Waals surface area contributed by atoms with E-state index in [1.807, 2.05) is 30.3 Å². The van der Waals surface area contributed by atoms with Crippen LogP contribution in [0.15, 0.2) is 58.3 Å². The van der Waals surface area contributed by atoms with Gasteiger partial charge in [-0.1, -0.05) is 30.0 Å². The highest BCUT2D eigenvalue weighted by molar-refractivity contribution is 7.99. The fourth-order valence-electron chi connectivity index (χ4n) is 1.78. The third kappa shape index (κ3) is 4.32. The van der Waals surface area contributed by atoms with E-state index in [1.54, 1.807) is 0 Å². The SMILES string of the molecule is C[C@H](OC(=O)c1ccc(Sc2ccccc2)c([N+](=O)[O-])c1)C(N)=O. The molecule has 2 N–H and O–H groups in total. The number of nitrogens with two attached hydrogens (primary N) is 1. The number of amides is 1. The van der Waals surface area contributed by atoms with Crippen LogP contribution in [0.5, 0.6) is 0 Å². The van der Waals surface area contributed by atoms with E-state index in [-0.39, 0.29) is 11.3 Å². The molecule has 0 aromatic heterocycles. The zero-order valence-corrected chi connectivity index (χ0v) is 13.5. The molecule has 0 saturated carbocycles. The number of carbonyl (C=O) groups is 2. The van der Waals surface area contributed by atoms with Crippen molar-refractivity contribution in [3.8, 4) is 0 Å². The molecule has 0 radical (unpaired) electrons. The summed E-state index contributed by atoms with van der Waals surface area (Å²) < 4.78 is 4.85. The van der Waals surface area contributed by atoms with Crippen molar-refractivity contribution in [3.63, 3.8) is 0 Å². The minimum atomic E-state index is -1.12. The van der Waals surface area contributed by atoms with Crippen LogP contribution in [0, 0.1) is 10.1 Å². The molecule has 0 fully saturated rings. The molecule has 124 valence electrons. The number of esters is 1. The van der Waals surface area contributed by atoms with Gasteiger partial charge in [0.25, 0.3) is 11.6 Å². The molecule has 2 aromatic carbocycles. The van der Waals surface area contributed by atoms with Crippen molar-refractivity contribution in [2.75, 3.05) is 0 Å². The van der Waals surface area contributed by atoms with E-state index >= 15 is 0 Å². The Hall–Kier alpha value is -2.87. The number of nitro groups is 1. The Morgan fingerprint density at radius 3 is 2.46 bits per heavy atom. The molecule has 0 aliphatic carbocycles. The fraction of sp³-hybridized carbons (Fsp3) is 0.125. The number of hydrogen-bond donors (Lipinski definition) is 1. The molecule has 0 unspecified atom stereocenters. The molecule has 0 heterocycles. The molecule has 0 saturated heterocycles. The van der Waals surface area contributed by atoms with E-state index in [2.05, 4.69) is 0 Å². The Morgan fingerprint density at radius 1 is 1.21 bits per heavy atom. The normalized spacial score (nSPS) is 11.5. The van der Waals surface area contributed by atoms with E-state index < -0.39 is 22.9 Å². The van der Waals surface area contributed by atoms with Gasteiger partial charge in [0.2, 0.25) is 0 Å². The molecule has 1 amide bonds. The lowest BCUT2D eigenvalue weighted by Crippen LogP contribution is -2.30. The second-order valence-electron chi connectivity index (χ2n) is 4.80. The van der Waals surface area contributed by atoms with Gasteiger partial charge in [-0.3, -0.25) is 14.9 Å². The topological polar surface area (TPSA) is 113 Å². The maximum atomic E-state index is 11.9. The summed E-state index contributed by atoms with van der Waals surface area (Å²) in [6.07, 6.45) is -1.12. The summed E-state index contributed by atoms with van der Waals surface area (Å²) in [5.41, 5.74) is 4.78. The van der Waals surface area contributed by atoms with Crippen LogP contribution in [0.2, 0.25) is 0 Å². The van der Waals surface area contributed by atoms with Crippen molar-refractivity contribution in [1.29, 1.82) is 0 Å². The van der Waals surface area contributed by atoms with Crippen molar-refractivity contribution in [3.05, 3.63) is 64.2 Å². The third-order valence-corrected chi connectivity index (χ3v) is 4.12. The van der Waals surface area contributed by atoms with E-state index in [9.17, 15) is 19.7 Å². The molecular weight excluding hydrogens is 332 g/mol. The van der Waals surface area contributed by atoms with Crippen LogP contribution in [-0.2, 0) is 9.53 Å². The van der Waals surface area contributed by atoms with Crippen molar-refractivity contribution in [1.82, 2.24) is 0 Å². The van der Waals surface area contributed by atoms with Gasteiger partial charge in [-0.25, -0.2) is 4.79 Å². The second-order valence-corrected chi connectivity index (χ2v) is 5.92. The summed E-state index contributed by atoms with van der Waals surface area (Å²) in [6.45, 7) is 1.33. The number of nitrogens with zero attached hydrogens (tertiary/aromatic N) is 1. The van der Waals surface area contributed by atoms with Gasteiger partial charge in [0.15, 0.2) is 6.10 Å². The van der Waals surface area contributed by atoms with Gasteiger partial charge in [-0.2, -0.15) is 0 Å². The van der Waals surface area contributed by atoms with Crippen LogP contribution in [-0.4, -0.2) is 22.9 Å². The maximum Gasteiger partial charge on any atom is 0.339 e. The average Bonchev–Trinajstić information content (AvgIpc) is 2.55. The smallest absolute Gasteiger partial charge is 0.339 e. The van der Waals surface area contributed by atoms with Gasteiger partial charge < -0.3 is 10.5 Å². The lowest BCUT2D eigenvalue weighted by atomic mass is 10.2. The first-order valence-electron chi connectivity index (χ1n) is 6.90. The van der Waals surface area contributed by atoms with E-state index in [0.717, 1.165) is 11.0 Å². The monoisotopic (exact) mass is 346 g/mol. The molecule has 1 atom stereocenters. The summed E-state index contributed by atoms with van der Waals surface area (Å²) in [7, 11) is 0. The number of rotatable bonds is 6. The summed E-state index contributed by atoms with van der Waals surface area (Å²) in [5, 5.41) is 11.3. The number of carbonyl (C=O) groups excluding carboxylic acids is 2. The van der Waals surface area contributed by atoms with Gasteiger partial charge in [-0.15, -0.1) is 0 Å². The van der Waals surface area contributed by atoms with Crippen molar-refractivity contribution >= 4 is 29.3 Å². The quantitative estimate of drug-likeness (QED) is 0.489. The minimum Gasteiger partial charge on any atom is -0.449 e. The minimum absolute atomic E-state index is 0.0211. The molecule has 0 bridgehead atoms. The van der Waals surface area contributed by atoms with E-state index in [4.69, 9.17) is 10.5 Å². The van der Waals surface area contributed by atoms with Crippen molar-refractivity contribution in [2.45, 2.75) is 22.8 Å². The van der Waals surface area contributed by atoms with Crippen LogP contribution < -0.4 is 5.73 Å². The van der Waals surface area contributed by atoms with Gasteiger partial charge in [0.05, 0.1) is 15.4 Å². The Morgan fingerprint density at radius 2 is 1.88 bits per heavy atom. The first-order chi connectivity index (χ1) is 11.4. The van der Waals surface area contributed by atoms with Crippen LogP contribution in [0.4, 0.5) is 5.69 Å². The van der Waals surface area contributed by atoms with Crippen molar-refractivity contribution < 1.29 is 19.2 Å². The predicted octanol–water partition coefficient (Wildman–Crippen LogP) is 2.78. The van der Waals surface area contributed by atoms with Gasteiger partial charge in [-0.05, 0) is 31.2 Å². The Kier molecular flexibility index (Phi) is 5.54. The highest BCUT2D eigenvalue weighted by Gasteiger charge is 2.21. The van der Waals surface area contributed by atoms with Crippen LogP contribution in [0.25, 0.3) is 0 Å². The second kappa shape index (κ2) is 7.60. The molecule has 2 aromatic rings. The van der Waals surface area contributed by atoms with Gasteiger partial charge in [0.1, 0.15) is 0 Å². The number of nitro benzene ring substituents is 1. The molecule has 8 heteroatoms. The largest absolute Gasteiger partial charge is 0.449 e. The zero-order valence-electron chi connectivity index (χ0n) is 12.7. The maximum absolute atomic E-state index is 11.9. The fourth-order valence-corrected chi connectivity index (χ4v) is 2.70. The van der Waals surface area contributed by atoms with E-state index in [1.165, 1.54) is 30.8 Å². The third-order valence-electron chi connectivity index (χ3n) is 3.05. The van der Waals surface area contributed by atoms with E-state index in [0.29, 0.717) is 4.90 Å². The van der Waals surface area contributed by atoms with Crippen LogP contribution >= 0.6 is 11.8 Å². The summed E-state index contributed by atoms with van der Waals surface area (Å²) in [5.74, 6) is -1.64. The zero-order chi connectivity index (χ0) is 17.7. The molecular formula is C16H14N2O5S. The predicted molar refractivity (Wildman–Crippen MR) is 87.7 cm³/mol. The average molecular weight is 346 g/mol. The van der Waals surface area contributed by atoms with Crippen LogP contribution in [0.1, 0.15) is 17.3 Å². The molecule has 24 heavy (non-hydrogen) atoms. The highest BCUT2D eigenvalue weighted by Crippen LogP contribution is 2.35. The summed E-state index contributed by atoms with van der Waals surface area (Å²) in [6, 6.07) is 13.2. The number of primary amides is 1. The van der Waals surface area contributed by atoms with Crippen LogP contribution in [0.3, 0.4) is 0 Å². The first kappa shape index (κ1) is 17.5. The number of hydrogen-bond acceptors (Lipinski definition) is 6. The standard InChI is InChI=1S/C16H14N2O5S/c1-10(15(17)19)23-16(20)11-7-8-14(13(9-11)18(21)22)24-12-5-3-2-4-6-12/h2-10H,1H3,(H2,17,19)/t10-/m0/s1. The molecule has 2 rings (SSSR count). The Balaban J connectivity index is 2.28. The van der Waals surface area contributed by atoms with Gasteiger partial charge >= 0.3 is 5.97 Å². The Labute approximate surface area is 142 Å². The molecule has 0 aliphatic heterocycles. The Bertz CT molecular complexity index is 779. The lowest BCUT2D eigenvalue weighted by molar-refractivity contribution is -0.387. The number of ether oxygens (including phenoxy) is 1. The van der Waals surface area contributed by atoms with Gasteiger partial charge in [0, 0.05) is 11.0 Å².